The maximum atomic E-state index is 6.01. The van der Waals surface area contributed by atoms with Gasteiger partial charge in [-0.25, -0.2) is 4.98 Å². The quantitative estimate of drug-likeness (QED) is 0.339. The fraction of sp³-hybridized carbons (Fsp3) is 0.300. The first-order chi connectivity index (χ1) is 12.7. The summed E-state index contributed by atoms with van der Waals surface area (Å²) in [6, 6.07) is 16.0. The molecule has 0 bridgehead atoms. The standard InChI is InChI=1S/C20H24ClN5/c1-22-20(24-13-11-15-6-4-7-16(21)14-15)23-12-5-10-19-25-17-8-2-3-9-18(17)26-19/h2-4,6-9,14H,5,10-13H2,1H3,(H,25,26)(H2,22,23,24). The number of guanidine groups is 1. The van der Waals surface area contributed by atoms with E-state index in [2.05, 4.69) is 37.7 Å². The molecular formula is C20H24ClN5. The zero-order chi connectivity index (χ0) is 18.2. The Hall–Kier alpha value is -2.53. The number of benzene rings is 2. The number of imidazole rings is 1. The number of hydrogen-bond donors (Lipinski definition) is 3. The van der Waals surface area contributed by atoms with Crippen molar-refractivity contribution in [2.24, 2.45) is 4.99 Å². The summed E-state index contributed by atoms with van der Waals surface area (Å²) in [5.41, 5.74) is 3.33. The molecule has 136 valence electrons. The third-order valence-electron chi connectivity index (χ3n) is 4.14. The lowest BCUT2D eigenvalue weighted by molar-refractivity contribution is 0.724. The second-order valence-corrected chi connectivity index (χ2v) is 6.55. The number of aryl methyl sites for hydroxylation is 1. The van der Waals surface area contributed by atoms with E-state index in [0.717, 1.165) is 60.2 Å². The molecule has 3 aromatic rings. The van der Waals surface area contributed by atoms with Gasteiger partial charge < -0.3 is 15.6 Å². The van der Waals surface area contributed by atoms with E-state index in [4.69, 9.17) is 11.6 Å². The van der Waals surface area contributed by atoms with E-state index in [0.29, 0.717) is 0 Å². The van der Waals surface area contributed by atoms with Crippen LogP contribution < -0.4 is 10.6 Å². The molecule has 0 aliphatic rings. The maximum absolute atomic E-state index is 6.01. The fourth-order valence-electron chi connectivity index (χ4n) is 2.82. The van der Waals surface area contributed by atoms with Crippen molar-refractivity contribution >= 4 is 28.6 Å². The molecule has 0 unspecified atom stereocenters. The van der Waals surface area contributed by atoms with E-state index in [1.807, 2.05) is 36.4 Å². The first-order valence-electron chi connectivity index (χ1n) is 8.87. The van der Waals surface area contributed by atoms with Gasteiger partial charge in [0.05, 0.1) is 11.0 Å². The molecule has 3 rings (SSSR count). The summed E-state index contributed by atoms with van der Waals surface area (Å²) >= 11 is 6.01. The third-order valence-corrected chi connectivity index (χ3v) is 4.38. The molecule has 6 heteroatoms. The molecule has 0 saturated heterocycles. The van der Waals surface area contributed by atoms with Crippen LogP contribution in [0.3, 0.4) is 0 Å². The smallest absolute Gasteiger partial charge is 0.190 e. The Labute approximate surface area is 158 Å². The summed E-state index contributed by atoms with van der Waals surface area (Å²) in [6.45, 7) is 1.65. The fourth-order valence-corrected chi connectivity index (χ4v) is 3.04. The number of para-hydroxylation sites is 2. The summed E-state index contributed by atoms with van der Waals surface area (Å²) in [7, 11) is 1.79. The van der Waals surface area contributed by atoms with Crippen LogP contribution in [0.1, 0.15) is 17.8 Å². The monoisotopic (exact) mass is 369 g/mol. The minimum atomic E-state index is 0.774. The highest BCUT2D eigenvalue weighted by molar-refractivity contribution is 6.30. The Morgan fingerprint density at radius 2 is 1.92 bits per heavy atom. The Morgan fingerprint density at radius 1 is 1.08 bits per heavy atom. The van der Waals surface area contributed by atoms with Crippen molar-refractivity contribution < 1.29 is 0 Å². The number of rotatable bonds is 7. The largest absolute Gasteiger partial charge is 0.356 e. The van der Waals surface area contributed by atoms with Gasteiger partial charge in [0.25, 0.3) is 0 Å². The SMILES string of the molecule is CN=C(NCCCc1nc2ccccc2[nH]1)NCCc1cccc(Cl)c1. The molecule has 0 atom stereocenters. The Kier molecular flexibility index (Phi) is 6.50. The van der Waals surface area contributed by atoms with Gasteiger partial charge in [-0.05, 0) is 42.7 Å². The molecule has 5 nitrogen and oxygen atoms in total. The van der Waals surface area contributed by atoms with Crippen molar-refractivity contribution in [1.29, 1.82) is 0 Å². The highest BCUT2D eigenvalue weighted by atomic mass is 35.5. The lowest BCUT2D eigenvalue weighted by atomic mass is 10.1. The number of hydrogen-bond acceptors (Lipinski definition) is 2. The molecule has 0 aliphatic carbocycles. The van der Waals surface area contributed by atoms with Gasteiger partial charge in [0.2, 0.25) is 0 Å². The average Bonchev–Trinajstić information content (AvgIpc) is 3.06. The maximum Gasteiger partial charge on any atom is 0.190 e. The summed E-state index contributed by atoms with van der Waals surface area (Å²) in [6.07, 6.45) is 2.79. The van der Waals surface area contributed by atoms with Crippen LogP contribution in [0.25, 0.3) is 11.0 Å². The molecule has 0 saturated carbocycles. The van der Waals surface area contributed by atoms with Crippen molar-refractivity contribution in [3.8, 4) is 0 Å². The number of aromatic amines is 1. The molecule has 3 N–H and O–H groups in total. The number of aromatic nitrogens is 2. The van der Waals surface area contributed by atoms with Gasteiger partial charge >= 0.3 is 0 Å². The average molecular weight is 370 g/mol. The zero-order valence-electron chi connectivity index (χ0n) is 14.9. The predicted octanol–water partition coefficient (Wildman–Crippen LogP) is 3.56. The van der Waals surface area contributed by atoms with Gasteiger partial charge in [0.15, 0.2) is 5.96 Å². The van der Waals surface area contributed by atoms with Crippen molar-refractivity contribution in [1.82, 2.24) is 20.6 Å². The van der Waals surface area contributed by atoms with Crippen LogP contribution in [0.15, 0.2) is 53.5 Å². The topological polar surface area (TPSA) is 65.1 Å². The molecule has 0 aliphatic heterocycles. The summed E-state index contributed by atoms with van der Waals surface area (Å²) < 4.78 is 0. The van der Waals surface area contributed by atoms with Crippen molar-refractivity contribution in [3.63, 3.8) is 0 Å². The summed E-state index contributed by atoms with van der Waals surface area (Å²) in [4.78, 5) is 12.2. The third kappa shape index (κ3) is 5.23. The summed E-state index contributed by atoms with van der Waals surface area (Å²) in [5.74, 6) is 1.84. The Bertz CT molecular complexity index is 838. The van der Waals surface area contributed by atoms with E-state index in [1.165, 1.54) is 5.56 Å². The van der Waals surface area contributed by atoms with E-state index >= 15 is 0 Å². The zero-order valence-corrected chi connectivity index (χ0v) is 15.7. The van der Waals surface area contributed by atoms with Gasteiger partial charge in [-0.15, -0.1) is 0 Å². The van der Waals surface area contributed by atoms with Crippen LogP contribution >= 0.6 is 11.6 Å². The highest BCUT2D eigenvalue weighted by Crippen LogP contribution is 2.11. The number of aliphatic imine (C=N–C) groups is 1. The molecule has 0 spiro atoms. The van der Waals surface area contributed by atoms with Gasteiger partial charge in [-0.3, -0.25) is 4.99 Å². The molecule has 1 heterocycles. The van der Waals surface area contributed by atoms with Crippen LogP contribution in [0, 0.1) is 0 Å². The van der Waals surface area contributed by atoms with Gasteiger partial charge in [-0.2, -0.15) is 0 Å². The minimum Gasteiger partial charge on any atom is -0.356 e. The van der Waals surface area contributed by atoms with Gasteiger partial charge in [0.1, 0.15) is 5.82 Å². The van der Waals surface area contributed by atoms with Gasteiger partial charge in [0, 0.05) is 31.6 Å². The van der Waals surface area contributed by atoms with Crippen LogP contribution in [0.4, 0.5) is 0 Å². The number of H-pyrrole nitrogens is 1. The molecule has 0 fully saturated rings. The molecule has 0 radical (unpaired) electrons. The van der Waals surface area contributed by atoms with Gasteiger partial charge in [-0.1, -0.05) is 35.9 Å². The second kappa shape index (κ2) is 9.25. The lowest BCUT2D eigenvalue weighted by Gasteiger charge is -2.11. The first kappa shape index (κ1) is 18.3. The number of nitrogens with one attached hydrogen (secondary N) is 3. The number of halogens is 1. The van der Waals surface area contributed by atoms with Crippen LogP contribution in [-0.2, 0) is 12.8 Å². The molecule has 26 heavy (non-hydrogen) atoms. The van der Waals surface area contributed by atoms with Crippen molar-refractivity contribution in [2.75, 3.05) is 20.1 Å². The van der Waals surface area contributed by atoms with Crippen molar-refractivity contribution in [3.05, 3.63) is 64.9 Å². The first-order valence-corrected chi connectivity index (χ1v) is 9.25. The lowest BCUT2D eigenvalue weighted by Crippen LogP contribution is -2.38. The van der Waals surface area contributed by atoms with Crippen LogP contribution in [0.5, 0.6) is 0 Å². The van der Waals surface area contributed by atoms with Crippen LogP contribution in [-0.4, -0.2) is 36.1 Å². The van der Waals surface area contributed by atoms with E-state index in [1.54, 1.807) is 7.05 Å². The van der Waals surface area contributed by atoms with E-state index in [-0.39, 0.29) is 0 Å². The van der Waals surface area contributed by atoms with Crippen LogP contribution in [0.2, 0.25) is 5.02 Å². The molecule has 2 aromatic carbocycles. The Balaban J connectivity index is 1.37. The second-order valence-electron chi connectivity index (χ2n) is 6.11. The number of fused-ring (bicyclic) bond motifs is 1. The summed E-state index contributed by atoms with van der Waals surface area (Å²) in [5, 5.41) is 7.45. The normalized spacial score (nSPS) is 11.7. The number of nitrogens with zero attached hydrogens (tertiary/aromatic N) is 2. The van der Waals surface area contributed by atoms with Crippen molar-refractivity contribution in [2.45, 2.75) is 19.3 Å². The minimum absolute atomic E-state index is 0.774. The van der Waals surface area contributed by atoms with E-state index < -0.39 is 0 Å². The molecule has 1 aromatic heterocycles. The predicted molar refractivity (Wildman–Crippen MR) is 109 cm³/mol. The molecule has 0 amide bonds. The Morgan fingerprint density at radius 3 is 2.73 bits per heavy atom. The molecular weight excluding hydrogens is 346 g/mol. The van der Waals surface area contributed by atoms with E-state index in [9.17, 15) is 0 Å². The highest BCUT2D eigenvalue weighted by Gasteiger charge is 2.02.